The van der Waals surface area contributed by atoms with Crippen LogP contribution in [-0.2, 0) is 6.42 Å². The third-order valence-corrected chi connectivity index (χ3v) is 3.25. The lowest BCUT2D eigenvalue weighted by atomic mass is 9.92. The van der Waals surface area contributed by atoms with Crippen LogP contribution in [0.5, 0.6) is 0 Å². The van der Waals surface area contributed by atoms with Gasteiger partial charge in [0.15, 0.2) is 0 Å². The van der Waals surface area contributed by atoms with Crippen molar-refractivity contribution in [1.82, 2.24) is 0 Å². The molecule has 2 N–H and O–H groups in total. The maximum absolute atomic E-state index is 12.8. The van der Waals surface area contributed by atoms with E-state index in [2.05, 4.69) is 12.1 Å². The third kappa shape index (κ3) is 3.41. The normalized spacial score (nSPS) is 12.3. The highest BCUT2D eigenvalue weighted by Crippen LogP contribution is 2.20. The first-order valence-electron chi connectivity index (χ1n) is 6.29. The van der Waals surface area contributed by atoms with Gasteiger partial charge in [-0.25, -0.2) is 4.39 Å². The zero-order valence-electron chi connectivity index (χ0n) is 10.4. The second-order valence-electron chi connectivity index (χ2n) is 4.51. The van der Waals surface area contributed by atoms with Gasteiger partial charge in [-0.2, -0.15) is 0 Å². The average molecular weight is 243 g/mol. The Kier molecular flexibility index (Phi) is 4.48. The Bertz CT molecular complexity index is 464. The van der Waals surface area contributed by atoms with Crippen molar-refractivity contribution in [2.45, 2.75) is 18.8 Å². The predicted octanol–water partition coefficient (Wildman–Crippen LogP) is 3.50. The lowest BCUT2D eigenvalue weighted by molar-refractivity contribution is 0.620. The van der Waals surface area contributed by atoms with Crippen molar-refractivity contribution in [3.63, 3.8) is 0 Å². The van der Waals surface area contributed by atoms with Crippen LogP contribution in [0.3, 0.4) is 0 Å². The van der Waals surface area contributed by atoms with Crippen LogP contribution in [0.25, 0.3) is 0 Å². The number of aryl methyl sites for hydroxylation is 1. The highest BCUT2D eigenvalue weighted by atomic mass is 19.1. The average Bonchev–Trinajstić information content (AvgIpc) is 2.43. The maximum atomic E-state index is 12.8. The molecule has 1 nitrogen and oxygen atoms in total. The van der Waals surface area contributed by atoms with Crippen LogP contribution in [0.4, 0.5) is 4.39 Å². The van der Waals surface area contributed by atoms with Crippen LogP contribution in [0.2, 0.25) is 0 Å². The van der Waals surface area contributed by atoms with Gasteiger partial charge in [-0.15, -0.1) is 0 Å². The van der Waals surface area contributed by atoms with E-state index in [1.54, 1.807) is 0 Å². The van der Waals surface area contributed by atoms with Crippen molar-refractivity contribution in [2.24, 2.45) is 5.73 Å². The largest absolute Gasteiger partial charge is 0.330 e. The molecule has 0 bridgehead atoms. The van der Waals surface area contributed by atoms with Gasteiger partial charge in [0.2, 0.25) is 0 Å². The van der Waals surface area contributed by atoms with Crippen molar-refractivity contribution in [1.29, 1.82) is 0 Å². The van der Waals surface area contributed by atoms with Crippen molar-refractivity contribution >= 4 is 0 Å². The van der Waals surface area contributed by atoms with Gasteiger partial charge in [0.05, 0.1) is 0 Å². The summed E-state index contributed by atoms with van der Waals surface area (Å²) in [7, 11) is 0. The Balaban J connectivity index is 1.97. The van der Waals surface area contributed by atoms with Gasteiger partial charge in [-0.1, -0.05) is 42.5 Å². The number of benzene rings is 2. The SMILES string of the molecule is NCC(CCc1ccc(F)cc1)c1ccccc1. The molecular formula is C16H18FN. The molecule has 2 aromatic carbocycles. The molecule has 0 aliphatic carbocycles. The molecule has 0 heterocycles. The van der Waals surface area contributed by atoms with Crippen LogP contribution in [0.15, 0.2) is 54.6 Å². The molecule has 2 heteroatoms. The van der Waals surface area contributed by atoms with E-state index in [-0.39, 0.29) is 5.82 Å². The van der Waals surface area contributed by atoms with E-state index < -0.39 is 0 Å². The monoisotopic (exact) mass is 243 g/mol. The highest BCUT2D eigenvalue weighted by Gasteiger charge is 2.09. The maximum Gasteiger partial charge on any atom is 0.123 e. The van der Waals surface area contributed by atoms with Crippen molar-refractivity contribution < 1.29 is 4.39 Å². The second kappa shape index (κ2) is 6.31. The zero-order valence-corrected chi connectivity index (χ0v) is 10.4. The van der Waals surface area contributed by atoms with E-state index in [4.69, 9.17) is 5.73 Å². The summed E-state index contributed by atoms with van der Waals surface area (Å²) in [6.07, 6.45) is 1.92. The molecule has 0 fully saturated rings. The number of hydrogen-bond donors (Lipinski definition) is 1. The molecule has 0 saturated carbocycles. The fourth-order valence-corrected chi connectivity index (χ4v) is 2.14. The molecule has 0 aliphatic heterocycles. The van der Waals surface area contributed by atoms with Crippen molar-refractivity contribution in [3.8, 4) is 0 Å². The van der Waals surface area contributed by atoms with E-state index in [9.17, 15) is 4.39 Å². The molecular weight excluding hydrogens is 225 g/mol. The fraction of sp³-hybridized carbons (Fsp3) is 0.250. The summed E-state index contributed by atoms with van der Waals surface area (Å²) >= 11 is 0. The molecule has 0 aromatic heterocycles. The Morgan fingerprint density at radius 1 is 0.944 bits per heavy atom. The van der Waals surface area contributed by atoms with Gasteiger partial charge in [0, 0.05) is 0 Å². The van der Waals surface area contributed by atoms with Gasteiger partial charge in [0.1, 0.15) is 5.82 Å². The lowest BCUT2D eigenvalue weighted by Crippen LogP contribution is -2.13. The van der Waals surface area contributed by atoms with Gasteiger partial charge in [-0.3, -0.25) is 0 Å². The van der Waals surface area contributed by atoms with E-state index >= 15 is 0 Å². The van der Waals surface area contributed by atoms with E-state index in [0.717, 1.165) is 18.4 Å². The zero-order chi connectivity index (χ0) is 12.8. The number of rotatable bonds is 5. The Morgan fingerprint density at radius 3 is 2.22 bits per heavy atom. The minimum absolute atomic E-state index is 0.183. The Morgan fingerprint density at radius 2 is 1.61 bits per heavy atom. The van der Waals surface area contributed by atoms with Crippen LogP contribution < -0.4 is 5.73 Å². The van der Waals surface area contributed by atoms with Crippen LogP contribution in [0.1, 0.15) is 23.5 Å². The van der Waals surface area contributed by atoms with Crippen LogP contribution in [-0.4, -0.2) is 6.54 Å². The van der Waals surface area contributed by atoms with E-state index in [0.29, 0.717) is 12.5 Å². The van der Waals surface area contributed by atoms with E-state index in [1.807, 2.05) is 30.3 Å². The summed E-state index contributed by atoms with van der Waals surface area (Å²) in [5.74, 6) is 0.188. The molecule has 2 rings (SSSR count). The van der Waals surface area contributed by atoms with Crippen molar-refractivity contribution in [3.05, 3.63) is 71.5 Å². The summed E-state index contributed by atoms with van der Waals surface area (Å²) in [5, 5.41) is 0. The van der Waals surface area contributed by atoms with Crippen LogP contribution >= 0.6 is 0 Å². The predicted molar refractivity (Wildman–Crippen MR) is 73.0 cm³/mol. The Labute approximate surface area is 107 Å². The smallest absolute Gasteiger partial charge is 0.123 e. The Hall–Kier alpha value is -1.67. The molecule has 1 unspecified atom stereocenters. The molecule has 0 saturated heterocycles. The summed E-state index contributed by atoms with van der Waals surface area (Å²) in [4.78, 5) is 0. The second-order valence-corrected chi connectivity index (χ2v) is 4.51. The molecule has 18 heavy (non-hydrogen) atoms. The van der Waals surface area contributed by atoms with Gasteiger partial charge in [-0.05, 0) is 48.6 Å². The molecule has 0 spiro atoms. The molecule has 1 atom stereocenters. The topological polar surface area (TPSA) is 26.0 Å². The quantitative estimate of drug-likeness (QED) is 0.854. The van der Waals surface area contributed by atoms with Crippen molar-refractivity contribution in [2.75, 3.05) is 6.54 Å². The van der Waals surface area contributed by atoms with Gasteiger partial charge < -0.3 is 5.73 Å². The standard InChI is InChI=1S/C16H18FN/c17-16-10-7-13(8-11-16)6-9-15(12-18)14-4-2-1-3-5-14/h1-5,7-8,10-11,15H,6,9,12,18H2. The molecule has 94 valence electrons. The summed E-state index contributed by atoms with van der Waals surface area (Å²) in [6.45, 7) is 0.644. The first kappa shape index (κ1) is 12.8. The molecule has 2 aromatic rings. The van der Waals surface area contributed by atoms with Crippen LogP contribution in [0, 0.1) is 5.82 Å². The molecule has 0 aliphatic rings. The molecule has 0 amide bonds. The number of hydrogen-bond acceptors (Lipinski definition) is 1. The summed E-state index contributed by atoms with van der Waals surface area (Å²) < 4.78 is 12.8. The minimum Gasteiger partial charge on any atom is -0.330 e. The lowest BCUT2D eigenvalue weighted by Gasteiger charge is -2.15. The summed E-state index contributed by atoms with van der Waals surface area (Å²) in [6, 6.07) is 17.0. The number of halogens is 1. The molecule has 0 radical (unpaired) electrons. The first-order chi connectivity index (χ1) is 8.79. The third-order valence-electron chi connectivity index (χ3n) is 3.25. The van der Waals surface area contributed by atoms with Gasteiger partial charge in [0.25, 0.3) is 0 Å². The first-order valence-corrected chi connectivity index (χ1v) is 6.29. The highest BCUT2D eigenvalue weighted by molar-refractivity contribution is 5.21. The summed E-state index contributed by atoms with van der Waals surface area (Å²) in [5.41, 5.74) is 8.27. The van der Waals surface area contributed by atoms with E-state index in [1.165, 1.54) is 17.7 Å². The van der Waals surface area contributed by atoms with Gasteiger partial charge >= 0.3 is 0 Å². The fourth-order valence-electron chi connectivity index (χ4n) is 2.14. The minimum atomic E-state index is -0.183. The number of nitrogens with two attached hydrogens (primary N) is 1.